The first-order chi connectivity index (χ1) is 14.5. The predicted octanol–water partition coefficient (Wildman–Crippen LogP) is 3.66. The number of anilines is 2. The van der Waals surface area contributed by atoms with Crippen molar-refractivity contribution in [2.45, 2.75) is 32.0 Å². The molecule has 0 atom stereocenters. The minimum atomic E-state index is -0.501. The van der Waals surface area contributed by atoms with Gasteiger partial charge in [-0.05, 0) is 38.1 Å². The summed E-state index contributed by atoms with van der Waals surface area (Å²) in [5.74, 6) is -0.441. The highest BCUT2D eigenvalue weighted by molar-refractivity contribution is 7.99. The van der Waals surface area contributed by atoms with Crippen LogP contribution in [-0.4, -0.2) is 32.3 Å². The molecule has 2 amide bonds. The summed E-state index contributed by atoms with van der Waals surface area (Å²) >= 11 is 1.24. The van der Waals surface area contributed by atoms with E-state index in [4.69, 9.17) is 0 Å². The normalized spacial score (nSPS) is 10.6. The molecule has 0 spiro atoms. The Hall–Kier alpha value is -3.20. The quantitative estimate of drug-likeness (QED) is 0.536. The van der Waals surface area contributed by atoms with Crippen molar-refractivity contribution in [2.24, 2.45) is 0 Å². The van der Waals surface area contributed by atoms with E-state index in [1.165, 1.54) is 23.9 Å². The summed E-state index contributed by atoms with van der Waals surface area (Å²) in [7, 11) is 0. The van der Waals surface area contributed by atoms with E-state index in [-0.39, 0.29) is 23.8 Å². The van der Waals surface area contributed by atoms with E-state index in [9.17, 15) is 14.0 Å². The number of rotatable bonds is 8. The van der Waals surface area contributed by atoms with Gasteiger partial charge in [0.05, 0.1) is 17.9 Å². The lowest BCUT2D eigenvalue weighted by Gasteiger charge is -2.09. The van der Waals surface area contributed by atoms with Crippen LogP contribution in [0.4, 0.5) is 15.8 Å². The Morgan fingerprint density at radius 2 is 1.77 bits per heavy atom. The smallest absolute Gasteiger partial charge is 0.234 e. The van der Waals surface area contributed by atoms with Crippen molar-refractivity contribution in [3.63, 3.8) is 0 Å². The Labute approximate surface area is 178 Å². The number of amides is 2. The van der Waals surface area contributed by atoms with Gasteiger partial charge in [0.2, 0.25) is 11.8 Å². The second kappa shape index (κ2) is 10.0. The van der Waals surface area contributed by atoms with Crippen molar-refractivity contribution in [2.75, 3.05) is 16.4 Å². The Morgan fingerprint density at radius 1 is 1.03 bits per heavy atom. The zero-order valence-electron chi connectivity index (χ0n) is 16.7. The number of carbonyl (C=O) groups excluding carboxylic acids is 2. The van der Waals surface area contributed by atoms with Crippen molar-refractivity contribution >= 4 is 35.0 Å². The van der Waals surface area contributed by atoms with Crippen molar-refractivity contribution in [3.8, 4) is 0 Å². The fourth-order valence-electron chi connectivity index (χ4n) is 2.74. The maximum absolute atomic E-state index is 13.7. The summed E-state index contributed by atoms with van der Waals surface area (Å²) in [4.78, 5) is 24.5. The molecule has 0 fully saturated rings. The SMILES string of the molecule is CCn1c(CC(=O)Nc2ccccc2F)nnc1SCC(=O)Nc1ccc(C)cc1. The summed E-state index contributed by atoms with van der Waals surface area (Å²) in [6, 6.07) is 13.5. The van der Waals surface area contributed by atoms with Gasteiger partial charge < -0.3 is 15.2 Å². The van der Waals surface area contributed by atoms with Crippen molar-refractivity contribution in [1.82, 2.24) is 14.8 Å². The molecule has 0 radical (unpaired) electrons. The van der Waals surface area contributed by atoms with Crippen molar-refractivity contribution < 1.29 is 14.0 Å². The molecule has 9 heteroatoms. The summed E-state index contributed by atoms with van der Waals surface area (Å²) in [6.45, 7) is 4.42. The maximum atomic E-state index is 13.7. The highest BCUT2D eigenvalue weighted by Crippen LogP contribution is 2.19. The maximum Gasteiger partial charge on any atom is 0.234 e. The fourth-order valence-corrected chi connectivity index (χ4v) is 3.56. The van der Waals surface area contributed by atoms with Gasteiger partial charge in [0.15, 0.2) is 5.16 Å². The van der Waals surface area contributed by atoms with Crippen LogP contribution in [0.1, 0.15) is 18.3 Å². The molecule has 0 saturated carbocycles. The average Bonchev–Trinajstić information content (AvgIpc) is 3.11. The number of halogens is 1. The number of thioether (sulfide) groups is 1. The third kappa shape index (κ3) is 5.66. The van der Waals surface area contributed by atoms with Crippen LogP contribution in [0.5, 0.6) is 0 Å². The second-order valence-corrected chi connectivity index (χ2v) is 7.49. The molecule has 0 bridgehead atoms. The van der Waals surface area contributed by atoms with Gasteiger partial charge in [-0.3, -0.25) is 9.59 Å². The Bertz CT molecular complexity index is 1040. The Balaban J connectivity index is 1.58. The van der Waals surface area contributed by atoms with Crippen LogP contribution in [0, 0.1) is 12.7 Å². The standard InChI is InChI=1S/C21H22FN5O2S/c1-3-27-18(12-19(28)24-17-7-5-4-6-16(17)22)25-26-21(27)30-13-20(29)23-15-10-8-14(2)9-11-15/h4-11H,3,12-13H2,1-2H3,(H,23,29)(H,24,28). The Morgan fingerprint density at radius 3 is 2.47 bits per heavy atom. The number of aryl methyl sites for hydroxylation is 1. The van der Waals surface area contributed by atoms with Gasteiger partial charge in [-0.2, -0.15) is 0 Å². The van der Waals surface area contributed by atoms with Crippen LogP contribution in [-0.2, 0) is 22.6 Å². The second-order valence-electron chi connectivity index (χ2n) is 6.55. The summed E-state index contributed by atoms with van der Waals surface area (Å²) in [5, 5.41) is 14.1. The number of hydrogen-bond acceptors (Lipinski definition) is 5. The van der Waals surface area contributed by atoms with Gasteiger partial charge in [0.25, 0.3) is 0 Å². The molecular formula is C21H22FN5O2S. The minimum Gasteiger partial charge on any atom is -0.325 e. The van der Waals surface area contributed by atoms with E-state index in [1.54, 1.807) is 16.7 Å². The summed E-state index contributed by atoms with van der Waals surface area (Å²) < 4.78 is 15.5. The molecule has 2 aromatic carbocycles. The van der Waals surface area contributed by atoms with Gasteiger partial charge in [-0.15, -0.1) is 10.2 Å². The molecule has 1 heterocycles. The molecule has 0 saturated heterocycles. The van der Waals surface area contributed by atoms with Crippen LogP contribution in [0.3, 0.4) is 0 Å². The predicted molar refractivity (Wildman–Crippen MR) is 115 cm³/mol. The highest BCUT2D eigenvalue weighted by Gasteiger charge is 2.16. The molecule has 0 aliphatic carbocycles. The number of carbonyl (C=O) groups is 2. The number of aromatic nitrogens is 3. The average molecular weight is 428 g/mol. The lowest BCUT2D eigenvalue weighted by molar-refractivity contribution is -0.116. The largest absolute Gasteiger partial charge is 0.325 e. The van der Waals surface area contributed by atoms with Crippen LogP contribution in [0.25, 0.3) is 0 Å². The minimum absolute atomic E-state index is 0.0503. The van der Waals surface area contributed by atoms with E-state index < -0.39 is 11.7 Å². The zero-order chi connectivity index (χ0) is 21.5. The lowest BCUT2D eigenvalue weighted by Crippen LogP contribution is -2.18. The van der Waals surface area contributed by atoms with E-state index in [0.29, 0.717) is 17.5 Å². The van der Waals surface area contributed by atoms with Crippen LogP contribution in [0.2, 0.25) is 0 Å². The third-order valence-corrected chi connectivity index (χ3v) is 5.21. The molecule has 0 aliphatic heterocycles. The monoisotopic (exact) mass is 427 g/mol. The van der Waals surface area contributed by atoms with Gasteiger partial charge in [-0.25, -0.2) is 4.39 Å². The van der Waals surface area contributed by atoms with Crippen LogP contribution >= 0.6 is 11.8 Å². The molecule has 7 nitrogen and oxygen atoms in total. The van der Waals surface area contributed by atoms with E-state index in [0.717, 1.165) is 11.3 Å². The van der Waals surface area contributed by atoms with Gasteiger partial charge >= 0.3 is 0 Å². The molecule has 156 valence electrons. The molecular weight excluding hydrogens is 405 g/mol. The first-order valence-electron chi connectivity index (χ1n) is 9.42. The molecule has 0 aliphatic rings. The fraction of sp³-hybridized carbons (Fsp3) is 0.238. The summed E-state index contributed by atoms with van der Waals surface area (Å²) in [5.41, 5.74) is 1.96. The zero-order valence-corrected chi connectivity index (χ0v) is 17.5. The number of para-hydroxylation sites is 1. The summed E-state index contributed by atoms with van der Waals surface area (Å²) in [6.07, 6.45) is -0.0503. The first kappa shape index (κ1) is 21.5. The van der Waals surface area contributed by atoms with E-state index in [1.807, 2.05) is 38.1 Å². The molecule has 1 aromatic heterocycles. The first-order valence-corrected chi connectivity index (χ1v) is 10.4. The molecule has 2 N–H and O–H groups in total. The van der Waals surface area contributed by atoms with Crippen LogP contribution in [0.15, 0.2) is 53.7 Å². The molecule has 3 aromatic rings. The number of nitrogens with one attached hydrogen (secondary N) is 2. The van der Waals surface area contributed by atoms with Gasteiger partial charge in [-0.1, -0.05) is 41.6 Å². The van der Waals surface area contributed by atoms with Crippen molar-refractivity contribution in [3.05, 3.63) is 65.7 Å². The molecule has 30 heavy (non-hydrogen) atoms. The number of nitrogens with zero attached hydrogens (tertiary/aromatic N) is 3. The van der Waals surface area contributed by atoms with Gasteiger partial charge in [0, 0.05) is 12.2 Å². The highest BCUT2D eigenvalue weighted by atomic mass is 32.2. The number of hydrogen-bond donors (Lipinski definition) is 2. The van der Waals surface area contributed by atoms with Gasteiger partial charge in [0.1, 0.15) is 11.6 Å². The Kier molecular flexibility index (Phi) is 7.18. The third-order valence-electron chi connectivity index (χ3n) is 4.24. The molecule has 3 rings (SSSR count). The van der Waals surface area contributed by atoms with Crippen molar-refractivity contribution in [1.29, 1.82) is 0 Å². The number of benzene rings is 2. The lowest BCUT2D eigenvalue weighted by atomic mass is 10.2. The van der Waals surface area contributed by atoms with E-state index >= 15 is 0 Å². The van der Waals surface area contributed by atoms with Crippen LogP contribution < -0.4 is 10.6 Å². The van der Waals surface area contributed by atoms with E-state index in [2.05, 4.69) is 20.8 Å². The topological polar surface area (TPSA) is 88.9 Å². The molecule has 0 unspecified atom stereocenters.